The fourth-order valence-electron chi connectivity index (χ4n) is 9.48. The van der Waals surface area contributed by atoms with Crippen LogP contribution in [0.25, 0.3) is 27.6 Å². The van der Waals surface area contributed by atoms with Gasteiger partial charge in [0.1, 0.15) is 5.82 Å². The van der Waals surface area contributed by atoms with Gasteiger partial charge < -0.3 is 19.1 Å². The van der Waals surface area contributed by atoms with E-state index < -0.39 is 0 Å². The molecule has 0 saturated carbocycles. The zero-order valence-corrected chi connectivity index (χ0v) is 43.0. The predicted molar refractivity (Wildman–Crippen MR) is 279 cm³/mol. The van der Waals surface area contributed by atoms with Crippen molar-refractivity contribution in [2.45, 2.75) is 90.9 Å². The molecule has 0 atom stereocenters. The van der Waals surface area contributed by atoms with Gasteiger partial charge in [-0.1, -0.05) is 166 Å². The molecule has 0 unspecified atom stereocenters. The van der Waals surface area contributed by atoms with E-state index in [0.717, 1.165) is 50.4 Å². The SMILES string of the molecule is CC(C)(C)c1cccc(N2[CH-]N(c3[c-]c(Oc4[c-]c5c(cc4)c4ccc(C(C)(C)C)cc4n5-c4cc(C(C)(C)c5ccccc5)ccn4)ccc3)c3ccc(C(C)(C)c4ccccc4)cc32)c1.[Pt]. The van der Waals surface area contributed by atoms with Gasteiger partial charge >= 0.3 is 0 Å². The van der Waals surface area contributed by atoms with Gasteiger partial charge in [0.2, 0.25) is 0 Å². The third-order valence-corrected chi connectivity index (χ3v) is 13.9. The fourth-order valence-corrected chi connectivity index (χ4v) is 9.48. The van der Waals surface area contributed by atoms with E-state index in [1.54, 1.807) is 0 Å². The van der Waals surface area contributed by atoms with E-state index in [9.17, 15) is 0 Å². The number of aromatic nitrogens is 2. The zero-order valence-electron chi connectivity index (χ0n) is 40.8. The number of rotatable bonds is 9. The molecule has 10 rings (SSSR count). The first-order valence-electron chi connectivity index (χ1n) is 23.4. The molecule has 346 valence electrons. The van der Waals surface area contributed by atoms with Crippen LogP contribution < -0.4 is 14.5 Å². The van der Waals surface area contributed by atoms with Crippen molar-refractivity contribution in [1.82, 2.24) is 9.55 Å². The predicted octanol–water partition coefficient (Wildman–Crippen LogP) is 16.2. The van der Waals surface area contributed by atoms with Crippen LogP contribution in [0.5, 0.6) is 11.5 Å². The molecule has 0 saturated heterocycles. The van der Waals surface area contributed by atoms with E-state index in [2.05, 4.69) is 248 Å². The fraction of sp³-hybridized carbons (Fsp3) is 0.226. The van der Waals surface area contributed by atoms with Crippen LogP contribution in [0, 0.1) is 18.8 Å². The number of nitrogens with zero attached hydrogens (tertiary/aromatic N) is 4. The number of benzene rings is 7. The molecule has 5 nitrogen and oxygen atoms in total. The number of fused-ring (bicyclic) bond motifs is 4. The van der Waals surface area contributed by atoms with Crippen LogP contribution in [0.2, 0.25) is 0 Å². The molecule has 0 amide bonds. The van der Waals surface area contributed by atoms with Gasteiger partial charge in [-0.15, -0.1) is 48.1 Å². The molecule has 0 spiro atoms. The minimum absolute atomic E-state index is 0. The Balaban J connectivity index is 0.00000578. The number of ether oxygens (including phenoxy) is 1. The van der Waals surface area contributed by atoms with Crippen LogP contribution in [0.4, 0.5) is 22.7 Å². The number of hydrogen-bond acceptors (Lipinski definition) is 4. The normalized spacial score (nSPS) is 13.2. The Morgan fingerprint density at radius 3 is 1.74 bits per heavy atom. The number of hydrogen-bond donors (Lipinski definition) is 0. The molecule has 68 heavy (non-hydrogen) atoms. The third kappa shape index (κ3) is 8.56. The van der Waals surface area contributed by atoms with Gasteiger partial charge in [-0.3, -0.25) is 0 Å². The second kappa shape index (κ2) is 17.6. The first kappa shape index (κ1) is 46.7. The molecule has 3 heterocycles. The molecule has 0 radical (unpaired) electrons. The monoisotopic (exact) mass is 1070 g/mol. The Morgan fingerprint density at radius 2 is 1.06 bits per heavy atom. The van der Waals surface area contributed by atoms with E-state index >= 15 is 0 Å². The average molecular weight is 1070 g/mol. The van der Waals surface area contributed by atoms with Crippen LogP contribution in [-0.4, -0.2) is 9.55 Å². The van der Waals surface area contributed by atoms with Crippen LogP contribution in [0.15, 0.2) is 170 Å². The van der Waals surface area contributed by atoms with E-state index in [0.29, 0.717) is 11.5 Å². The van der Waals surface area contributed by atoms with Gasteiger partial charge in [-0.05, 0) is 92.1 Å². The minimum atomic E-state index is -0.241. The first-order valence-corrected chi connectivity index (χ1v) is 23.4. The smallest absolute Gasteiger partial charge is 0.135 e. The van der Waals surface area contributed by atoms with Crippen LogP contribution in [-0.2, 0) is 42.7 Å². The van der Waals surface area contributed by atoms with Crippen molar-refractivity contribution in [2.75, 3.05) is 9.80 Å². The van der Waals surface area contributed by atoms with Crippen molar-refractivity contribution in [1.29, 1.82) is 0 Å². The van der Waals surface area contributed by atoms with E-state index in [-0.39, 0.29) is 42.7 Å². The van der Waals surface area contributed by atoms with E-state index in [1.807, 2.05) is 24.4 Å². The summed E-state index contributed by atoms with van der Waals surface area (Å²) in [5.74, 6) is 2.03. The zero-order chi connectivity index (χ0) is 46.9. The summed E-state index contributed by atoms with van der Waals surface area (Å²) in [6.45, 7) is 24.9. The second-order valence-electron chi connectivity index (χ2n) is 21.1. The maximum Gasteiger partial charge on any atom is 0.135 e. The van der Waals surface area contributed by atoms with E-state index in [1.165, 1.54) is 33.4 Å². The van der Waals surface area contributed by atoms with Crippen LogP contribution >= 0.6 is 0 Å². The minimum Gasteiger partial charge on any atom is -0.509 e. The largest absolute Gasteiger partial charge is 0.509 e. The summed E-state index contributed by atoms with van der Waals surface area (Å²) in [5, 5.41) is 2.23. The summed E-state index contributed by atoms with van der Waals surface area (Å²) in [6.07, 6.45) is 1.93. The Hall–Kier alpha value is -6.42. The topological polar surface area (TPSA) is 33.5 Å². The van der Waals surface area contributed by atoms with Crippen molar-refractivity contribution >= 4 is 44.6 Å². The summed E-state index contributed by atoms with van der Waals surface area (Å²) in [6, 6.07) is 66.0. The van der Waals surface area contributed by atoms with Gasteiger partial charge in [0, 0.05) is 72.2 Å². The molecule has 0 N–H and O–H groups in total. The Labute approximate surface area is 417 Å². The van der Waals surface area contributed by atoms with Gasteiger partial charge in [0.15, 0.2) is 0 Å². The first-order chi connectivity index (χ1) is 32.0. The van der Waals surface area contributed by atoms with Gasteiger partial charge in [-0.25, -0.2) is 4.98 Å². The Morgan fingerprint density at radius 1 is 0.471 bits per heavy atom. The summed E-state index contributed by atoms with van der Waals surface area (Å²) < 4.78 is 9.01. The van der Waals surface area contributed by atoms with Crippen LogP contribution in [0.3, 0.4) is 0 Å². The summed E-state index contributed by atoms with van der Waals surface area (Å²) in [4.78, 5) is 9.56. The number of anilines is 4. The third-order valence-electron chi connectivity index (χ3n) is 13.9. The second-order valence-corrected chi connectivity index (χ2v) is 21.1. The molecule has 6 heteroatoms. The van der Waals surface area contributed by atoms with Crippen molar-refractivity contribution in [2.24, 2.45) is 0 Å². The molecule has 0 bridgehead atoms. The Bertz CT molecular complexity index is 3280. The van der Waals surface area contributed by atoms with Crippen LogP contribution in [0.1, 0.15) is 103 Å². The summed E-state index contributed by atoms with van der Waals surface area (Å²) >= 11 is 0. The summed E-state index contributed by atoms with van der Waals surface area (Å²) in [7, 11) is 0. The molecule has 1 aliphatic rings. The van der Waals surface area contributed by atoms with Crippen molar-refractivity contribution < 1.29 is 25.8 Å². The molecule has 7 aromatic carbocycles. The molecule has 9 aromatic rings. The maximum absolute atomic E-state index is 6.75. The van der Waals surface area contributed by atoms with Crippen molar-refractivity contribution in [3.63, 3.8) is 0 Å². The molecule has 1 aliphatic heterocycles. The quantitative estimate of drug-likeness (QED) is 0.135. The molecule has 0 fully saturated rings. The Kier molecular flexibility index (Phi) is 12.1. The molecular formula is C62H59N4OPt-3. The van der Waals surface area contributed by atoms with Gasteiger partial charge in [-0.2, -0.15) is 12.1 Å². The average Bonchev–Trinajstić information content (AvgIpc) is 3.87. The molecular weight excluding hydrogens is 1010 g/mol. The summed E-state index contributed by atoms with van der Waals surface area (Å²) in [5.41, 5.74) is 13.1. The van der Waals surface area contributed by atoms with Crippen molar-refractivity contribution in [3.8, 4) is 17.3 Å². The van der Waals surface area contributed by atoms with Gasteiger partial charge in [0.05, 0.1) is 0 Å². The van der Waals surface area contributed by atoms with E-state index in [4.69, 9.17) is 9.72 Å². The number of pyridine rings is 1. The van der Waals surface area contributed by atoms with Crippen molar-refractivity contribution in [3.05, 3.63) is 222 Å². The molecule has 2 aromatic heterocycles. The van der Waals surface area contributed by atoms with Gasteiger partial charge in [0.25, 0.3) is 0 Å². The standard InChI is InChI=1S/C62H59N4O.Pt/c1-59(2,3)44-23-17-24-48(35-44)65-41-64(54-32-28-46(37-57(54)65)61(7,8)42-19-13-11-14-20-42)49-25-18-26-50(39-49)67-51-29-31-53-52-30-27-45(60(4,5)6)36-55(52)66(56(53)40-51)58-38-47(33-34-63-58)62(9,10)43-21-15-12-16-22-43;/h11-38,41H,1-10H3;/q-3;. The molecule has 0 aliphatic carbocycles. The maximum atomic E-state index is 6.75.